The lowest BCUT2D eigenvalue weighted by atomic mass is 10.2. The molecule has 5 heteroatoms. The monoisotopic (exact) mass is 275 g/mol. The quantitative estimate of drug-likeness (QED) is 0.867. The van der Waals surface area contributed by atoms with E-state index in [-0.39, 0.29) is 17.5 Å². The first-order valence-corrected chi connectivity index (χ1v) is 7.83. The minimum atomic E-state index is -3.14. The summed E-state index contributed by atoms with van der Waals surface area (Å²) in [7, 11) is -3.14. The van der Waals surface area contributed by atoms with Crippen LogP contribution in [0.5, 0.6) is 0 Å². The van der Waals surface area contributed by atoms with Crippen molar-refractivity contribution in [2.24, 2.45) is 5.73 Å². The van der Waals surface area contributed by atoms with E-state index in [9.17, 15) is 8.42 Å². The lowest BCUT2D eigenvalue weighted by Gasteiger charge is -2.11. The van der Waals surface area contributed by atoms with Crippen molar-refractivity contribution in [1.29, 1.82) is 0 Å². The molecule has 96 valence electrons. The third kappa shape index (κ3) is 5.52. The van der Waals surface area contributed by atoms with Crippen LogP contribution >= 0.6 is 11.6 Å². The molecule has 1 aromatic carbocycles. The molecule has 0 amide bonds. The smallest absolute Gasteiger partial charge is 0.155 e. The Morgan fingerprint density at radius 1 is 1.29 bits per heavy atom. The van der Waals surface area contributed by atoms with Gasteiger partial charge in [-0.3, -0.25) is 0 Å². The second kappa shape index (κ2) is 6.38. The first kappa shape index (κ1) is 14.5. The molecule has 1 rings (SSSR count). The molecule has 0 aliphatic rings. The number of hydrogen-bond donors (Lipinski definition) is 1. The Hall–Kier alpha value is -0.580. The van der Waals surface area contributed by atoms with E-state index in [1.165, 1.54) is 0 Å². The standard InChI is InChI=1S/C12H18ClNO2S/c1-2-3-12(14)9-17(15,16)8-10-4-6-11(13)7-5-10/h4-7,12H,2-3,8-9,14H2,1H3. The van der Waals surface area contributed by atoms with Crippen LogP contribution in [0.2, 0.25) is 5.02 Å². The lowest BCUT2D eigenvalue weighted by molar-refractivity contribution is 0.576. The summed E-state index contributed by atoms with van der Waals surface area (Å²) < 4.78 is 23.7. The minimum Gasteiger partial charge on any atom is -0.327 e. The molecule has 0 saturated heterocycles. The first-order valence-electron chi connectivity index (χ1n) is 5.63. The van der Waals surface area contributed by atoms with Gasteiger partial charge in [-0.25, -0.2) is 8.42 Å². The van der Waals surface area contributed by atoms with Crippen LogP contribution in [-0.4, -0.2) is 20.2 Å². The molecule has 0 aromatic heterocycles. The number of rotatable bonds is 6. The van der Waals surface area contributed by atoms with Crippen LogP contribution < -0.4 is 5.73 Å². The fraction of sp³-hybridized carbons (Fsp3) is 0.500. The predicted molar refractivity (Wildman–Crippen MR) is 71.8 cm³/mol. The van der Waals surface area contributed by atoms with Crippen molar-refractivity contribution in [2.75, 3.05) is 5.75 Å². The van der Waals surface area contributed by atoms with Crippen molar-refractivity contribution in [3.8, 4) is 0 Å². The van der Waals surface area contributed by atoms with Gasteiger partial charge in [-0.15, -0.1) is 0 Å². The molecule has 3 nitrogen and oxygen atoms in total. The summed E-state index contributed by atoms with van der Waals surface area (Å²) in [6.45, 7) is 1.99. The first-order chi connectivity index (χ1) is 7.93. The molecule has 0 aliphatic carbocycles. The third-order valence-corrected chi connectivity index (χ3v) is 4.39. The fourth-order valence-electron chi connectivity index (χ4n) is 1.67. The Bertz CT molecular complexity index is 442. The Kier molecular flexibility index (Phi) is 5.43. The maximum Gasteiger partial charge on any atom is 0.155 e. The molecule has 0 saturated carbocycles. The second-order valence-electron chi connectivity index (χ2n) is 4.23. The molecule has 0 fully saturated rings. The zero-order valence-corrected chi connectivity index (χ0v) is 11.5. The van der Waals surface area contributed by atoms with E-state index in [1.807, 2.05) is 6.92 Å². The Balaban J connectivity index is 2.63. The Labute approximate surface area is 108 Å². The van der Waals surface area contributed by atoms with Gasteiger partial charge in [-0.1, -0.05) is 37.1 Å². The van der Waals surface area contributed by atoms with E-state index in [2.05, 4.69) is 0 Å². The maximum atomic E-state index is 11.9. The third-order valence-electron chi connectivity index (χ3n) is 2.43. The molecule has 0 bridgehead atoms. The summed E-state index contributed by atoms with van der Waals surface area (Å²) in [5.74, 6) is 0.0745. The van der Waals surface area contributed by atoms with Crippen molar-refractivity contribution < 1.29 is 8.42 Å². The van der Waals surface area contributed by atoms with Gasteiger partial charge in [0.1, 0.15) is 0 Å². The van der Waals surface area contributed by atoms with E-state index in [1.54, 1.807) is 24.3 Å². The fourth-order valence-corrected chi connectivity index (χ4v) is 3.44. The van der Waals surface area contributed by atoms with Crippen LogP contribution in [-0.2, 0) is 15.6 Å². The zero-order chi connectivity index (χ0) is 12.9. The van der Waals surface area contributed by atoms with Crippen LogP contribution in [0.4, 0.5) is 0 Å². The van der Waals surface area contributed by atoms with Gasteiger partial charge in [-0.05, 0) is 24.1 Å². The van der Waals surface area contributed by atoms with Crippen LogP contribution in [0.3, 0.4) is 0 Å². The predicted octanol–water partition coefficient (Wildman–Crippen LogP) is 2.38. The van der Waals surface area contributed by atoms with Gasteiger partial charge >= 0.3 is 0 Å². The summed E-state index contributed by atoms with van der Waals surface area (Å²) in [5.41, 5.74) is 6.50. The molecule has 0 aliphatic heterocycles. The van der Waals surface area contributed by atoms with Crippen LogP contribution in [0.25, 0.3) is 0 Å². The molecule has 2 N–H and O–H groups in total. The largest absolute Gasteiger partial charge is 0.327 e. The van der Waals surface area contributed by atoms with Gasteiger partial charge in [-0.2, -0.15) is 0 Å². The maximum absolute atomic E-state index is 11.9. The SMILES string of the molecule is CCCC(N)CS(=O)(=O)Cc1ccc(Cl)cc1. The van der Waals surface area contributed by atoms with E-state index in [0.717, 1.165) is 18.4 Å². The summed E-state index contributed by atoms with van der Waals surface area (Å²) in [6, 6.07) is 6.57. The van der Waals surface area contributed by atoms with Crippen LogP contribution in [0.1, 0.15) is 25.3 Å². The molecule has 0 radical (unpaired) electrons. The van der Waals surface area contributed by atoms with Gasteiger partial charge in [0.15, 0.2) is 9.84 Å². The molecule has 0 spiro atoms. The number of sulfone groups is 1. The van der Waals surface area contributed by atoms with Gasteiger partial charge in [0.25, 0.3) is 0 Å². The molecular weight excluding hydrogens is 258 g/mol. The topological polar surface area (TPSA) is 60.2 Å². The van der Waals surface area contributed by atoms with Gasteiger partial charge in [0, 0.05) is 11.1 Å². The number of hydrogen-bond acceptors (Lipinski definition) is 3. The summed E-state index contributed by atoms with van der Waals surface area (Å²) in [6.07, 6.45) is 1.64. The number of benzene rings is 1. The molecule has 1 unspecified atom stereocenters. The molecule has 17 heavy (non-hydrogen) atoms. The van der Waals surface area contributed by atoms with Gasteiger partial charge in [0.05, 0.1) is 11.5 Å². The van der Waals surface area contributed by atoms with E-state index >= 15 is 0 Å². The zero-order valence-electron chi connectivity index (χ0n) is 9.90. The lowest BCUT2D eigenvalue weighted by Crippen LogP contribution is -2.30. The highest BCUT2D eigenvalue weighted by Crippen LogP contribution is 2.13. The Morgan fingerprint density at radius 3 is 2.41 bits per heavy atom. The van der Waals surface area contributed by atoms with Crippen molar-refractivity contribution >= 4 is 21.4 Å². The van der Waals surface area contributed by atoms with Crippen molar-refractivity contribution in [2.45, 2.75) is 31.6 Å². The van der Waals surface area contributed by atoms with E-state index < -0.39 is 9.84 Å². The number of nitrogens with two attached hydrogens (primary N) is 1. The molecule has 0 heterocycles. The average molecular weight is 276 g/mol. The van der Waals surface area contributed by atoms with Crippen LogP contribution in [0, 0.1) is 0 Å². The van der Waals surface area contributed by atoms with Crippen molar-refractivity contribution in [1.82, 2.24) is 0 Å². The van der Waals surface area contributed by atoms with Gasteiger partial charge < -0.3 is 5.73 Å². The van der Waals surface area contributed by atoms with Crippen LogP contribution in [0.15, 0.2) is 24.3 Å². The molecular formula is C12H18ClNO2S. The highest BCUT2D eigenvalue weighted by atomic mass is 35.5. The summed E-state index contributed by atoms with van der Waals surface area (Å²) in [5, 5.41) is 0.605. The number of halogens is 1. The second-order valence-corrected chi connectivity index (χ2v) is 6.78. The minimum absolute atomic E-state index is 0.0293. The van der Waals surface area contributed by atoms with Crippen molar-refractivity contribution in [3.63, 3.8) is 0 Å². The summed E-state index contributed by atoms with van der Waals surface area (Å²) >= 11 is 5.74. The average Bonchev–Trinajstić information content (AvgIpc) is 2.20. The molecule has 1 aromatic rings. The highest BCUT2D eigenvalue weighted by molar-refractivity contribution is 7.90. The highest BCUT2D eigenvalue weighted by Gasteiger charge is 2.16. The summed E-state index contributed by atoms with van der Waals surface area (Å²) in [4.78, 5) is 0. The van der Waals surface area contributed by atoms with Gasteiger partial charge in [0.2, 0.25) is 0 Å². The molecule has 1 atom stereocenters. The van der Waals surface area contributed by atoms with E-state index in [4.69, 9.17) is 17.3 Å². The normalized spacial score (nSPS) is 13.6. The van der Waals surface area contributed by atoms with Crippen molar-refractivity contribution in [3.05, 3.63) is 34.9 Å². The Morgan fingerprint density at radius 2 is 1.88 bits per heavy atom. The van der Waals surface area contributed by atoms with E-state index in [0.29, 0.717) is 5.02 Å².